The van der Waals surface area contributed by atoms with Crippen molar-refractivity contribution >= 4 is 9.84 Å². The number of hydrogen-bond acceptors (Lipinski definition) is 4. The molecule has 0 saturated heterocycles. The molecule has 0 aromatic heterocycles. The lowest BCUT2D eigenvalue weighted by molar-refractivity contribution is 0.112. The van der Waals surface area contributed by atoms with Crippen molar-refractivity contribution < 1.29 is 18.6 Å². The molecule has 0 amide bonds. The van der Waals surface area contributed by atoms with E-state index in [0.717, 1.165) is 12.8 Å². The average molecular weight is 208 g/mol. The predicted molar refractivity (Wildman–Crippen MR) is 49.1 cm³/mol. The highest BCUT2D eigenvalue weighted by molar-refractivity contribution is 7.92. The van der Waals surface area contributed by atoms with Crippen LogP contribution in [0, 0.1) is 0 Å². The van der Waals surface area contributed by atoms with Crippen LogP contribution in [0.3, 0.4) is 0 Å². The van der Waals surface area contributed by atoms with Gasteiger partial charge in [0.2, 0.25) is 0 Å². The van der Waals surface area contributed by atoms with Crippen LogP contribution >= 0.6 is 0 Å². The Morgan fingerprint density at radius 2 is 1.85 bits per heavy atom. The highest BCUT2D eigenvalue weighted by Gasteiger charge is 2.30. The van der Waals surface area contributed by atoms with Gasteiger partial charge in [-0.3, -0.25) is 0 Å². The normalized spacial score (nSPS) is 22.0. The molecule has 0 aromatic carbocycles. The van der Waals surface area contributed by atoms with Crippen LogP contribution in [0.15, 0.2) is 0 Å². The van der Waals surface area contributed by atoms with E-state index in [4.69, 9.17) is 10.2 Å². The lowest BCUT2D eigenvalue weighted by Crippen LogP contribution is -2.30. The fourth-order valence-electron chi connectivity index (χ4n) is 1.70. The monoisotopic (exact) mass is 208 g/mol. The molecule has 0 spiro atoms. The molecule has 1 fully saturated rings. The van der Waals surface area contributed by atoms with Crippen LogP contribution in [0.4, 0.5) is 0 Å². The Hall–Kier alpha value is -0.130. The van der Waals surface area contributed by atoms with Gasteiger partial charge in [0.25, 0.3) is 0 Å². The summed E-state index contributed by atoms with van der Waals surface area (Å²) in [5.74, 6) is -0.297. The summed E-state index contributed by atoms with van der Waals surface area (Å²) in [6.07, 6.45) is 2.21. The van der Waals surface area contributed by atoms with E-state index in [1.165, 1.54) is 0 Å². The van der Waals surface area contributed by atoms with Crippen LogP contribution in [-0.2, 0) is 9.84 Å². The van der Waals surface area contributed by atoms with E-state index in [-0.39, 0.29) is 11.0 Å². The van der Waals surface area contributed by atoms with Gasteiger partial charge in [-0.1, -0.05) is 12.8 Å². The molecule has 1 rings (SSSR count). The molecule has 13 heavy (non-hydrogen) atoms. The van der Waals surface area contributed by atoms with Gasteiger partial charge in [0, 0.05) is 0 Å². The van der Waals surface area contributed by atoms with Gasteiger partial charge < -0.3 is 10.2 Å². The minimum Gasteiger partial charge on any atom is -0.394 e. The molecule has 5 heteroatoms. The first-order valence-corrected chi connectivity index (χ1v) is 6.28. The molecule has 0 aromatic rings. The first-order chi connectivity index (χ1) is 6.06. The highest BCUT2D eigenvalue weighted by Crippen LogP contribution is 2.25. The predicted octanol–water partition coefficient (Wildman–Crippen LogP) is -0.303. The molecule has 0 heterocycles. The number of aliphatic hydroxyl groups excluding tert-OH is 2. The second-order valence-electron chi connectivity index (χ2n) is 3.57. The summed E-state index contributed by atoms with van der Waals surface area (Å²) in [5, 5.41) is 17.3. The summed E-state index contributed by atoms with van der Waals surface area (Å²) >= 11 is 0. The van der Waals surface area contributed by atoms with Crippen molar-refractivity contribution in [1.82, 2.24) is 0 Å². The van der Waals surface area contributed by atoms with Gasteiger partial charge in [-0.25, -0.2) is 8.42 Å². The Balaban J connectivity index is 2.54. The lowest BCUT2D eigenvalue weighted by atomic mass is 10.4. The number of rotatable bonds is 4. The molecule has 2 N–H and O–H groups in total. The van der Waals surface area contributed by atoms with Crippen molar-refractivity contribution in [1.29, 1.82) is 0 Å². The molecule has 4 nitrogen and oxygen atoms in total. The van der Waals surface area contributed by atoms with E-state index < -0.39 is 22.5 Å². The number of aliphatic hydroxyl groups is 2. The average Bonchev–Trinajstić information content (AvgIpc) is 2.55. The fourth-order valence-corrected chi connectivity index (χ4v) is 3.67. The number of hydrogen-bond donors (Lipinski definition) is 2. The van der Waals surface area contributed by atoms with Crippen molar-refractivity contribution in [3.05, 3.63) is 0 Å². The smallest absolute Gasteiger partial charge is 0.155 e. The maximum absolute atomic E-state index is 11.5. The SMILES string of the molecule is O=S(=O)(CC(O)CO)C1CCCC1. The van der Waals surface area contributed by atoms with E-state index in [9.17, 15) is 8.42 Å². The van der Waals surface area contributed by atoms with Crippen molar-refractivity contribution in [2.75, 3.05) is 12.4 Å². The molecular formula is C8H16O4S. The van der Waals surface area contributed by atoms with Crippen molar-refractivity contribution in [3.8, 4) is 0 Å². The summed E-state index contributed by atoms with van der Waals surface area (Å²) in [7, 11) is -3.18. The Bertz CT molecular complexity index is 241. The minimum atomic E-state index is -3.18. The minimum absolute atomic E-state index is 0.284. The molecule has 1 saturated carbocycles. The fraction of sp³-hybridized carbons (Fsp3) is 1.00. The van der Waals surface area contributed by atoms with E-state index in [1.54, 1.807) is 0 Å². The Morgan fingerprint density at radius 1 is 1.31 bits per heavy atom. The van der Waals surface area contributed by atoms with Crippen molar-refractivity contribution in [3.63, 3.8) is 0 Å². The third kappa shape index (κ3) is 2.93. The second kappa shape index (κ2) is 4.39. The zero-order valence-electron chi connectivity index (χ0n) is 7.52. The van der Waals surface area contributed by atoms with Crippen LogP contribution in [0.1, 0.15) is 25.7 Å². The summed E-state index contributed by atoms with van der Waals surface area (Å²) in [6.45, 7) is -0.480. The zero-order chi connectivity index (χ0) is 9.90. The molecular weight excluding hydrogens is 192 g/mol. The summed E-state index contributed by atoms with van der Waals surface area (Å²) in [5.41, 5.74) is 0. The van der Waals surface area contributed by atoms with E-state index in [2.05, 4.69) is 0 Å². The first kappa shape index (κ1) is 10.9. The second-order valence-corrected chi connectivity index (χ2v) is 5.90. The topological polar surface area (TPSA) is 74.6 Å². The standard InChI is InChI=1S/C8H16O4S/c9-5-7(10)6-13(11,12)8-3-1-2-4-8/h7-10H,1-6H2. The van der Waals surface area contributed by atoms with Gasteiger partial charge in [0.15, 0.2) is 9.84 Å². The van der Waals surface area contributed by atoms with E-state index >= 15 is 0 Å². The van der Waals surface area contributed by atoms with Gasteiger partial charge in [0.1, 0.15) is 0 Å². The summed E-state index contributed by atoms with van der Waals surface area (Å²) in [6, 6.07) is 0. The van der Waals surface area contributed by atoms with Crippen LogP contribution in [0.5, 0.6) is 0 Å². The highest BCUT2D eigenvalue weighted by atomic mass is 32.2. The van der Waals surface area contributed by atoms with Gasteiger partial charge in [-0.05, 0) is 12.8 Å². The maximum atomic E-state index is 11.5. The van der Waals surface area contributed by atoms with Crippen LogP contribution in [0.2, 0.25) is 0 Å². The largest absolute Gasteiger partial charge is 0.394 e. The summed E-state index contributed by atoms with van der Waals surface area (Å²) in [4.78, 5) is 0. The van der Waals surface area contributed by atoms with Crippen molar-refractivity contribution in [2.45, 2.75) is 37.0 Å². The zero-order valence-corrected chi connectivity index (χ0v) is 8.33. The molecule has 0 bridgehead atoms. The lowest BCUT2D eigenvalue weighted by Gasteiger charge is -2.13. The Kier molecular flexibility index (Phi) is 3.70. The Labute approximate surface area is 78.5 Å². The number of sulfone groups is 1. The van der Waals surface area contributed by atoms with Gasteiger partial charge in [0.05, 0.1) is 23.7 Å². The first-order valence-electron chi connectivity index (χ1n) is 4.57. The van der Waals surface area contributed by atoms with Crippen LogP contribution < -0.4 is 0 Å². The van der Waals surface area contributed by atoms with Gasteiger partial charge >= 0.3 is 0 Å². The van der Waals surface area contributed by atoms with E-state index in [1.807, 2.05) is 0 Å². The Morgan fingerprint density at radius 3 is 2.31 bits per heavy atom. The molecule has 1 aliphatic rings. The van der Waals surface area contributed by atoms with E-state index in [0.29, 0.717) is 12.8 Å². The molecule has 0 aliphatic heterocycles. The molecule has 0 radical (unpaired) electrons. The van der Waals surface area contributed by atoms with Crippen LogP contribution in [0.25, 0.3) is 0 Å². The van der Waals surface area contributed by atoms with Gasteiger partial charge in [-0.2, -0.15) is 0 Å². The van der Waals surface area contributed by atoms with Crippen molar-refractivity contribution in [2.24, 2.45) is 0 Å². The van der Waals surface area contributed by atoms with Gasteiger partial charge in [-0.15, -0.1) is 0 Å². The molecule has 1 unspecified atom stereocenters. The van der Waals surface area contributed by atoms with Crippen LogP contribution in [-0.4, -0.2) is 42.3 Å². The third-order valence-corrected chi connectivity index (χ3v) is 4.78. The third-order valence-electron chi connectivity index (χ3n) is 2.45. The molecule has 1 aliphatic carbocycles. The maximum Gasteiger partial charge on any atom is 0.155 e. The molecule has 78 valence electrons. The summed E-state index contributed by atoms with van der Waals surface area (Å²) < 4.78 is 23.1. The molecule has 1 atom stereocenters. The quantitative estimate of drug-likeness (QED) is 0.665.